The van der Waals surface area contributed by atoms with E-state index < -0.39 is 0 Å². The molecular weight excluding hydrogens is 288 g/mol. The lowest BCUT2D eigenvalue weighted by Crippen LogP contribution is -2.16. The molecule has 0 radical (unpaired) electrons. The minimum atomic E-state index is -0.295. The van der Waals surface area contributed by atoms with Gasteiger partial charge >= 0.3 is 5.97 Å². The maximum Gasteiger partial charge on any atom is 0.317 e. The monoisotopic (exact) mass is 300 g/mol. The van der Waals surface area contributed by atoms with Crippen molar-refractivity contribution in [2.45, 2.75) is 13.0 Å². The van der Waals surface area contributed by atoms with Crippen LogP contribution in [0.15, 0.2) is 18.2 Å². The molecule has 1 aromatic rings. The van der Waals surface area contributed by atoms with Crippen molar-refractivity contribution in [1.29, 1.82) is 0 Å². The number of alkyl halides is 1. The van der Waals surface area contributed by atoms with Gasteiger partial charge in [0.05, 0.1) is 0 Å². The SMILES string of the molecule is CC(OC(=O)CBr)c1ccc2c(c1)OCCO2. The van der Waals surface area contributed by atoms with E-state index in [0.717, 1.165) is 11.3 Å². The third-order valence-electron chi connectivity index (χ3n) is 2.45. The van der Waals surface area contributed by atoms with Crippen molar-refractivity contribution >= 4 is 21.9 Å². The van der Waals surface area contributed by atoms with Gasteiger partial charge in [-0.2, -0.15) is 0 Å². The molecular formula is C12H13BrO4. The van der Waals surface area contributed by atoms with Crippen LogP contribution in [0.25, 0.3) is 0 Å². The van der Waals surface area contributed by atoms with Crippen LogP contribution in [0.1, 0.15) is 18.6 Å². The molecule has 0 fully saturated rings. The summed E-state index contributed by atoms with van der Waals surface area (Å²) >= 11 is 3.06. The van der Waals surface area contributed by atoms with Crippen molar-refractivity contribution in [1.82, 2.24) is 0 Å². The van der Waals surface area contributed by atoms with Crippen LogP contribution < -0.4 is 9.47 Å². The molecule has 0 amide bonds. The Morgan fingerprint density at radius 3 is 2.82 bits per heavy atom. The largest absolute Gasteiger partial charge is 0.486 e. The highest BCUT2D eigenvalue weighted by molar-refractivity contribution is 9.09. The van der Waals surface area contributed by atoms with Crippen molar-refractivity contribution < 1.29 is 19.0 Å². The second-order valence-electron chi connectivity index (χ2n) is 3.67. The lowest BCUT2D eigenvalue weighted by molar-refractivity contribution is -0.145. The fourth-order valence-corrected chi connectivity index (χ4v) is 1.74. The number of ether oxygens (including phenoxy) is 3. The Morgan fingerprint density at radius 2 is 2.12 bits per heavy atom. The molecule has 0 aliphatic carbocycles. The highest BCUT2D eigenvalue weighted by atomic mass is 79.9. The van der Waals surface area contributed by atoms with Crippen LogP contribution in [0.4, 0.5) is 0 Å². The molecule has 1 unspecified atom stereocenters. The highest BCUT2D eigenvalue weighted by Gasteiger charge is 2.16. The summed E-state index contributed by atoms with van der Waals surface area (Å²) < 4.78 is 16.1. The molecule has 2 rings (SSSR count). The molecule has 17 heavy (non-hydrogen) atoms. The smallest absolute Gasteiger partial charge is 0.317 e. The summed E-state index contributed by atoms with van der Waals surface area (Å²) in [5.41, 5.74) is 0.892. The van der Waals surface area contributed by atoms with Crippen LogP contribution >= 0.6 is 15.9 Å². The van der Waals surface area contributed by atoms with Crippen molar-refractivity contribution in [2.24, 2.45) is 0 Å². The summed E-state index contributed by atoms with van der Waals surface area (Å²) in [4.78, 5) is 11.2. The number of halogens is 1. The molecule has 1 aliphatic heterocycles. The van der Waals surface area contributed by atoms with Crippen molar-refractivity contribution in [3.63, 3.8) is 0 Å². The minimum absolute atomic E-state index is 0.196. The quantitative estimate of drug-likeness (QED) is 0.635. The lowest BCUT2D eigenvalue weighted by Gasteiger charge is -2.20. The fraction of sp³-hybridized carbons (Fsp3) is 0.417. The maximum absolute atomic E-state index is 11.2. The first-order chi connectivity index (χ1) is 8.20. The second-order valence-corrected chi connectivity index (χ2v) is 4.23. The number of fused-ring (bicyclic) bond motifs is 1. The summed E-state index contributed by atoms with van der Waals surface area (Å²) in [6, 6.07) is 5.56. The molecule has 0 N–H and O–H groups in total. The Balaban J connectivity index is 2.13. The molecule has 1 heterocycles. The van der Waals surface area contributed by atoms with Gasteiger partial charge in [0, 0.05) is 0 Å². The molecule has 0 bridgehead atoms. The molecule has 92 valence electrons. The lowest BCUT2D eigenvalue weighted by atomic mass is 10.1. The van der Waals surface area contributed by atoms with Crippen LogP contribution in [0.3, 0.4) is 0 Å². The molecule has 0 saturated carbocycles. The molecule has 1 aromatic carbocycles. The van der Waals surface area contributed by atoms with E-state index in [4.69, 9.17) is 14.2 Å². The summed E-state index contributed by atoms with van der Waals surface area (Å²) in [5.74, 6) is 1.15. The number of carbonyl (C=O) groups is 1. The Bertz CT molecular complexity index is 419. The Labute approximate surface area is 108 Å². The normalized spacial score (nSPS) is 15.2. The Kier molecular flexibility index (Phi) is 3.89. The van der Waals surface area contributed by atoms with Gasteiger partial charge in [0.25, 0.3) is 0 Å². The number of rotatable bonds is 3. The van der Waals surface area contributed by atoms with Gasteiger partial charge in [-0.25, -0.2) is 0 Å². The van der Waals surface area contributed by atoms with Gasteiger partial charge in [-0.1, -0.05) is 22.0 Å². The van der Waals surface area contributed by atoms with Gasteiger partial charge < -0.3 is 14.2 Å². The van der Waals surface area contributed by atoms with E-state index in [0.29, 0.717) is 19.0 Å². The van der Waals surface area contributed by atoms with E-state index in [2.05, 4.69) is 15.9 Å². The molecule has 1 atom stereocenters. The number of hydrogen-bond donors (Lipinski definition) is 0. The standard InChI is InChI=1S/C12H13BrO4/c1-8(17-12(14)7-13)9-2-3-10-11(6-9)16-5-4-15-10/h2-3,6,8H,4-5,7H2,1H3. The summed E-state index contributed by atoms with van der Waals surface area (Å²) in [5, 5.41) is 0.196. The number of carbonyl (C=O) groups excluding carboxylic acids is 1. The molecule has 4 nitrogen and oxygen atoms in total. The maximum atomic E-state index is 11.2. The van der Waals surface area contributed by atoms with E-state index in [1.54, 1.807) is 0 Å². The molecule has 0 saturated heterocycles. The number of benzene rings is 1. The Hall–Kier alpha value is -1.23. The van der Waals surface area contributed by atoms with Gasteiger partial charge in [-0.05, 0) is 24.6 Å². The second kappa shape index (κ2) is 5.40. The third-order valence-corrected chi connectivity index (χ3v) is 2.91. The highest BCUT2D eigenvalue weighted by Crippen LogP contribution is 2.33. The predicted octanol–water partition coefficient (Wildman–Crippen LogP) is 2.46. The van der Waals surface area contributed by atoms with Crippen LogP contribution in [0.5, 0.6) is 11.5 Å². The first-order valence-electron chi connectivity index (χ1n) is 5.35. The van der Waals surface area contributed by atoms with Crippen molar-refractivity contribution in [2.75, 3.05) is 18.5 Å². The summed E-state index contributed by atoms with van der Waals surface area (Å²) in [6.07, 6.45) is -0.295. The van der Waals surface area contributed by atoms with Crippen molar-refractivity contribution in [3.05, 3.63) is 23.8 Å². The average molecular weight is 301 g/mol. The minimum Gasteiger partial charge on any atom is -0.486 e. The van der Waals surface area contributed by atoms with E-state index in [1.165, 1.54) is 0 Å². The zero-order valence-corrected chi connectivity index (χ0v) is 11.0. The zero-order chi connectivity index (χ0) is 12.3. The van der Waals surface area contributed by atoms with E-state index >= 15 is 0 Å². The topological polar surface area (TPSA) is 44.8 Å². The van der Waals surface area contributed by atoms with Gasteiger partial charge in [-0.15, -0.1) is 0 Å². The van der Waals surface area contributed by atoms with Crippen LogP contribution in [-0.4, -0.2) is 24.5 Å². The molecule has 1 aliphatic rings. The van der Waals surface area contributed by atoms with Gasteiger partial charge in [0.1, 0.15) is 24.6 Å². The van der Waals surface area contributed by atoms with Crippen molar-refractivity contribution in [3.8, 4) is 11.5 Å². The van der Waals surface area contributed by atoms with E-state index in [1.807, 2.05) is 25.1 Å². The van der Waals surface area contributed by atoms with Gasteiger partial charge in [0.2, 0.25) is 0 Å². The summed E-state index contributed by atoms with van der Waals surface area (Å²) in [7, 11) is 0. The fourth-order valence-electron chi connectivity index (χ4n) is 1.61. The number of hydrogen-bond acceptors (Lipinski definition) is 4. The van der Waals surface area contributed by atoms with E-state index in [-0.39, 0.29) is 17.4 Å². The van der Waals surface area contributed by atoms with Crippen LogP contribution in [0, 0.1) is 0 Å². The zero-order valence-electron chi connectivity index (χ0n) is 9.44. The molecule has 0 spiro atoms. The van der Waals surface area contributed by atoms with Crippen LogP contribution in [-0.2, 0) is 9.53 Å². The average Bonchev–Trinajstić information content (AvgIpc) is 2.38. The first kappa shape index (κ1) is 12.2. The van der Waals surface area contributed by atoms with E-state index in [9.17, 15) is 4.79 Å². The third kappa shape index (κ3) is 2.91. The van der Waals surface area contributed by atoms with Crippen LogP contribution in [0.2, 0.25) is 0 Å². The molecule has 0 aromatic heterocycles. The van der Waals surface area contributed by atoms with Gasteiger partial charge in [-0.3, -0.25) is 4.79 Å². The summed E-state index contributed by atoms with van der Waals surface area (Å²) in [6.45, 7) is 2.94. The van der Waals surface area contributed by atoms with Gasteiger partial charge in [0.15, 0.2) is 11.5 Å². The molecule has 5 heteroatoms. The number of esters is 1. The predicted molar refractivity (Wildman–Crippen MR) is 65.7 cm³/mol. The Morgan fingerprint density at radius 1 is 1.41 bits per heavy atom. The first-order valence-corrected chi connectivity index (χ1v) is 6.48.